The summed E-state index contributed by atoms with van der Waals surface area (Å²) in [5.41, 5.74) is 6.48. The van der Waals surface area contributed by atoms with Crippen LogP contribution in [0.3, 0.4) is 0 Å². The van der Waals surface area contributed by atoms with Crippen LogP contribution in [0.5, 0.6) is 0 Å². The lowest BCUT2D eigenvalue weighted by molar-refractivity contribution is 0.143. The number of hydrogen-bond donors (Lipinski definition) is 1. The van der Waals surface area contributed by atoms with E-state index >= 15 is 0 Å². The van der Waals surface area contributed by atoms with Crippen molar-refractivity contribution in [1.29, 1.82) is 0 Å². The summed E-state index contributed by atoms with van der Waals surface area (Å²) in [6.07, 6.45) is -0.0475. The van der Waals surface area contributed by atoms with Gasteiger partial charge in [0.15, 0.2) is 0 Å². The van der Waals surface area contributed by atoms with Crippen molar-refractivity contribution in [3.05, 3.63) is 35.9 Å². The van der Waals surface area contributed by atoms with E-state index in [2.05, 4.69) is 13.8 Å². The molecule has 0 amide bonds. The van der Waals surface area contributed by atoms with Gasteiger partial charge in [-0.3, -0.25) is 0 Å². The van der Waals surface area contributed by atoms with E-state index in [0.717, 1.165) is 5.56 Å². The fraction of sp³-hybridized carbons (Fsp3) is 0.364. The maximum Gasteiger partial charge on any atom is 0.254 e. The Kier molecular flexibility index (Phi) is 3.89. The Labute approximate surface area is 90.1 Å². The number of nitrogens with two attached hydrogens (primary N) is 1. The molecule has 0 fully saturated rings. The third-order valence-electron chi connectivity index (χ3n) is 1.98. The van der Waals surface area contributed by atoms with Gasteiger partial charge in [0.05, 0.1) is 0 Å². The van der Waals surface area contributed by atoms with Crippen LogP contribution in [0.2, 0.25) is 0 Å². The summed E-state index contributed by atoms with van der Waals surface area (Å²) in [6, 6.07) is 9.97. The van der Waals surface area contributed by atoms with Gasteiger partial charge in [-0.05, 0) is 23.7 Å². The molecule has 0 radical (unpaired) electrons. The Balaban J connectivity index is 2.83. The smallest absolute Gasteiger partial charge is 0.254 e. The van der Waals surface area contributed by atoms with Gasteiger partial charge < -0.3 is 10.5 Å². The van der Waals surface area contributed by atoms with Crippen molar-refractivity contribution < 1.29 is 4.74 Å². The van der Waals surface area contributed by atoms with Crippen molar-refractivity contribution in [3.63, 3.8) is 0 Å². The zero-order valence-corrected chi connectivity index (χ0v) is 9.25. The van der Waals surface area contributed by atoms with Crippen molar-refractivity contribution in [2.75, 3.05) is 0 Å². The van der Waals surface area contributed by atoms with Crippen LogP contribution in [0.15, 0.2) is 30.3 Å². The second-order valence-electron chi connectivity index (χ2n) is 3.51. The zero-order chi connectivity index (χ0) is 10.6. The number of ether oxygens (including phenoxy) is 1. The van der Waals surface area contributed by atoms with Crippen molar-refractivity contribution in [1.82, 2.24) is 0 Å². The molecule has 0 aliphatic rings. The Morgan fingerprint density at radius 2 is 1.86 bits per heavy atom. The number of thiocarbonyl (C=S) groups is 1. The molecule has 0 aliphatic heterocycles. The SMILES string of the molecule is CC(C)C(OC(N)=S)c1ccccc1. The summed E-state index contributed by atoms with van der Waals surface area (Å²) in [6.45, 7) is 4.16. The summed E-state index contributed by atoms with van der Waals surface area (Å²) in [5.74, 6) is 0.346. The minimum Gasteiger partial charge on any atom is -0.463 e. The highest BCUT2D eigenvalue weighted by atomic mass is 32.1. The standard InChI is InChI=1S/C11H15NOS/c1-8(2)10(13-11(12)14)9-6-4-3-5-7-9/h3-8,10H,1-2H3,(H2,12,14). The first-order valence-electron chi connectivity index (χ1n) is 4.62. The van der Waals surface area contributed by atoms with Crippen molar-refractivity contribution in [2.24, 2.45) is 11.7 Å². The van der Waals surface area contributed by atoms with E-state index in [1.807, 2.05) is 30.3 Å². The second kappa shape index (κ2) is 4.96. The summed E-state index contributed by atoms with van der Waals surface area (Å²) >= 11 is 4.75. The third-order valence-corrected chi connectivity index (χ3v) is 2.07. The van der Waals surface area contributed by atoms with Gasteiger partial charge in [-0.2, -0.15) is 0 Å². The fourth-order valence-electron chi connectivity index (χ4n) is 1.36. The first-order valence-corrected chi connectivity index (χ1v) is 5.03. The maximum absolute atomic E-state index is 5.41. The van der Waals surface area contributed by atoms with Crippen LogP contribution in [-0.2, 0) is 4.74 Å². The molecule has 2 nitrogen and oxygen atoms in total. The van der Waals surface area contributed by atoms with E-state index in [9.17, 15) is 0 Å². The highest BCUT2D eigenvalue weighted by Gasteiger charge is 2.17. The quantitative estimate of drug-likeness (QED) is 0.777. The second-order valence-corrected chi connectivity index (χ2v) is 3.91. The highest BCUT2D eigenvalue weighted by molar-refractivity contribution is 7.80. The van der Waals surface area contributed by atoms with Gasteiger partial charge in [0.25, 0.3) is 5.17 Å². The lowest BCUT2D eigenvalue weighted by Crippen LogP contribution is -2.20. The molecule has 1 aromatic rings. The molecular weight excluding hydrogens is 194 g/mol. The molecule has 0 bridgehead atoms. The molecule has 2 N–H and O–H groups in total. The van der Waals surface area contributed by atoms with Crippen LogP contribution in [0.4, 0.5) is 0 Å². The lowest BCUT2D eigenvalue weighted by Gasteiger charge is -2.21. The van der Waals surface area contributed by atoms with Gasteiger partial charge in [0, 0.05) is 0 Å². The lowest BCUT2D eigenvalue weighted by atomic mass is 9.99. The molecule has 0 heterocycles. The molecule has 0 spiro atoms. The molecule has 76 valence electrons. The molecule has 1 unspecified atom stereocenters. The van der Waals surface area contributed by atoms with Crippen LogP contribution in [0.25, 0.3) is 0 Å². The Morgan fingerprint density at radius 1 is 1.29 bits per heavy atom. The van der Waals surface area contributed by atoms with Gasteiger partial charge in [-0.15, -0.1) is 0 Å². The van der Waals surface area contributed by atoms with Gasteiger partial charge >= 0.3 is 0 Å². The first-order chi connectivity index (χ1) is 6.61. The molecule has 0 saturated heterocycles. The predicted molar refractivity (Wildman–Crippen MR) is 61.9 cm³/mol. The van der Waals surface area contributed by atoms with Crippen molar-refractivity contribution >= 4 is 17.4 Å². The molecule has 14 heavy (non-hydrogen) atoms. The Morgan fingerprint density at radius 3 is 2.29 bits per heavy atom. The summed E-state index contributed by atoms with van der Waals surface area (Å²) in [5, 5.41) is 0.104. The third kappa shape index (κ3) is 3.00. The fourth-order valence-corrected chi connectivity index (χ4v) is 1.46. The van der Waals surface area contributed by atoms with Gasteiger partial charge in [-0.25, -0.2) is 0 Å². The highest BCUT2D eigenvalue weighted by Crippen LogP contribution is 2.25. The van der Waals surface area contributed by atoms with Gasteiger partial charge in [0.2, 0.25) is 0 Å². The van der Waals surface area contributed by atoms with Crippen LogP contribution in [0, 0.1) is 5.92 Å². The van der Waals surface area contributed by atoms with Crippen molar-refractivity contribution in [2.45, 2.75) is 20.0 Å². The average molecular weight is 209 g/mol. The zero-order valence-electron chi connectivity index (χ0n) is 8.44. The van der Waals surface area contributed by atoms with E-state index in [1.54, 1.807) is 0 Å². The summed E-state index contributed by atoms with van der Waals surface area (Å²) in [4.78, 5) is 0. The molecule has 0 aliphatic carbocycles. The molecule has 1 rings (SSSR count). The van der Waals surface area contributed by atoms with Crippen LogP contribution in [0.1, 0.15) is 25.5 Å². The summed E-state index contributed by atoms with van der Waals surface area (Å²) < 4.78 is 5.41. The molecule has 1 aromatic carbocycles. The largest absolute Gasteiger partial charge is 0.463 e. The van der Waals surface area contributed by atoms with Gasteiger partial charge in [-0.1, -0.05) is 44.2 Å². The normalized spacial score (nSPS) is 12.5. The minimum absolute atomic E-state index is 0.0475. The van der Waals surface area contributed by atoms with Crippen LogP contribution < -0.4 is 5.73 Å². The van der Waals surface area contributed by atoms with Crippen LogP contribution >= 0.6 is 12.2 Å². The van der Waals surface area contributed by atoms with E-state index < -0.39 is 0 Å². The Bertz CT molecular complexity index is 297. The molecule has 0 aromatic heterocycles. The first kappa shape index (κ1) is 11.0. The van der Waals surface area contributed by atoms with E-state index in [-0.39, 0.29) is 11.3 Å². The number of benzene rings is 1. The van der Waals surface area contributed by atoms with Crippen LogP contribution in [-0.4, -0.2) is 5.17 Å². The minimum atomic E-state index is -0.0475. The number of rotatable bonds is 3. The topological polar surface area (TPSA) is 35.2 Å². The van der Waals surface area contributed by atoms with Gasteiger partial charge in [0.1, 0.15) is 6.10 Å². The van der Waals surface area contributed by atoms with E-state index in [1.165, 1.54) is 0 Å². The Hall–Kier alpha value is -1.09. The molecule has 0 saturated carbocycles. The molecular formula is C11H15NOS. The number of hydrogen-bond acceptors (Lipinski definition) is 2. The molecule has 3 heteroatoms. The monoisotopic (exact) mass is 209 g/mol. The summed E-state index contributed by atoms with van der Waals surface area (Å²) in [7, 11) is 0. The maximum atomic E-state index is 5.41. The van der Waals surface area contributed by atoms with E-state index in [4.69, 9.17) is 22.7 Å². The van der Waals surface area contributed by atoms with E-state index in [0.29, 0.717) is 5.92 Å². The average Bonchev–Trinajstić information content (AvgIpc) is 2.15. The van der Waals surface area contributed by atoms with Crippen molar-refractivity contribution in [3.8, 4) is 0 Å². The predicted octanol–water partition coefficient (Wildman–Crippen LogP) is 2.64. The molecule has 1 atom stereocenters.